The highest BCUT2D eigenvalue weighted by molar-refractivity contribution is 9.10. The van der Waals surface area contributed by atoms with Gasteiger partial charge in [-0.3, -0.25) is 4.79 Å². The number of carbonyl (C=O) groups is 2. The zero-order valence-corrected chi connectivity index (χ0v) is 13.6. The van der Waals surface area contributed by atoms with Gasteiger partial charge in [-0.1, -0.05) is 0 Å². The van der Waals surface area contributed by atoms with E-state index in [-0.39, 0.29) is 11.9 Å². The van der Waals surface area contributed by atoms with Crippen LogP contribution < -0.4 is 0 Å². The third-order valence-corrected chi connectivity index (χ3v) is 4.03. The fourth-order valence-corrected chi connectivity index (χ4v) is 2.44. The van der Waals surface area contributed by atoms with Gasteiger partial charge in [0.05, 0.1) is 4.47 Å². The molecule has 0 bridgehead atoms. The van der Waals surface area contributed by atoms with Crippen LogP contribution in [0.5, 0.6) is 0 Å². The predicted octanol–water partition coefficient (Wildman–Crippen LogP) is 2.03. The van der Waals surface area contributed by atoms with Crippen LogP contribution in [0.2, 0.25) is 0 Å². The van der Waals surface area contributed by atoms with Crippen molar-refractivity contribution in [3.8, 4) is 0 Å². The summed E-state index contributed by atoms with van der Waals surface area (Å²) in [4.78, 5) is 29.0. The number of hydrogen-bond acceptors (Lipinski definition) is 2. The summed E-state index contributed by atoms with van der Waals surface area (Å²) in [6, 6.07) is 4.28. The molecule has 0 aliphatic carbocycles. The average molecular weight is 358 g/mol. The molecule has 114 valence electrons. The Morgan fingerprint density at radius 3 is 2.24 bits per heavy atom. The molecule has 0 radical (unpaired) electrons. The first-order valence-electron chi connectivity index (χ1n) is 6.60. The van der Waals surface area contributed by atoms with Crippen LogP contribution in [0.4, 0.5) is 9.18 Å². The molecule has 0 aromatic heterocycles. The van der Waals surface area contributed by atoms with Crippen molar-refractivity contribution in [3.05, 3.63) is 34.1 Å². The lowest BCUT2D eigenvalue weighted by atomic mass is 10.2. The molecule has 7 heteroatoms. The summed E-state index contributed by atoms with van der Waals surface area (Å²) in [6.45, 7) is 1.88. The number of urea groups is 1. The monoisotopic (exact) mass is 357 g/mol. The van der Waals surface area contributed by atoms with Crippen LogP contribution in [-0.4, -0.2) is 66.9 Å². The number of carbonyl (C=O) groups excluding carboxylic acids is 2. The topological polar surface area (TPSA) is 43.9 Å². The fourth-order valence-electron chi connectivity index (χ4n) is 2.20. The number of piperazine rings is 1. The summed E-state index contributed by atoms with van der Waals surface area (Å²) in [5, 5.41) is 0. The Hall–Kier alpha value is -1.63. The number of amides is 3. The molecular weight excluding hydrogens is 341 g/mol. The molecule has 1 aromatic rings. The molecule has 0 N–H and O–H groups in total. The molecule has 0 atom stereocenters. The van der Waals surface area contributed by atoms with Gasteiger partial charge in [0.2, 0.25) is 0 Å². The minimum atomic E-state index is -0.456. The summed E-state index contributed by atoms with van der Waals surface area (Å²) in [7, 11) is 3.40. The SMILES string of the molecule is CN(C)C(=O)N1CCN(C(=O)c2ccc(Br)c(F)c2)CC1. The van der Waals surface area contributed by atoms with Crippen molar-refractivity contribution in [2.45, 2.75) is 0 Å². The highest BCUT2D eigenvalue weighted by Crippen LogP contribution is 2.18. The predicted molar refractivity (Wildman–Crippen MR) is 80.7 cm³/mol. The Labute approximate surface area is 131 Å². The first-order valence-corrected chi connectivity index (χ1v) is 7.40. The van der Waals surface area contributed by atoms with Crippen LogP contribution in [0.3, 0.4) is 0 Å². The normalized spacial score (nSPS) is 15.0. The van der Waals surface area contributed by atoms with Crippen molar-refractivity contribution >= 4 is 27.9 Å². The van der Waals surface area contributed by atoms with E-state index in [1.54, 1.807) is 30.0 Å². The van der Waals surface area contributed by atoms with Gasteiger partial charge in [0.1, 0.15) is 5.82 Å². The Kier molecular flexibility index (Phi) is 4.82. The van der Waals surface area contributed by atoms with E-state index in [2.05, 4.69) is 15.9 Å². The minimum Gasteiger partial charge on any atom is -0.335 e. The van der Waals surface area contributed by atoms with Gasteiger partial charge in [0.25, 0.3) is 5.91 Å². The Morgan fingerprint density at radius 2 is 1.71 bits per heavy atom. The molecule has 0 spiro atoms. The maximum absolute atomic E-state index is 13.5. The molecular formula is C14H17BrFN3O2. The maximum atomic E-state index is 13.5. The number of halogens is 2. The molecule has 5 nitrogen and oxygen atoms in total. The van der Waals surface area contributed by atoms with E-state index in [0.717, 1.165) is 0 Å². The first kappa shape index (κ1) is 15.8. The number of rotatable bonds is 1. The third kappa shape index (κ3) is 3.53. The van der Waals surface area contributed by atoms with Crippen LogP contribution in [-0.2, 0) is 0 Å². The second-order valence-electron chi connectivity index (χ2n) is 5.09. The van der Waals surface area contributed by atoms with Gasteiger partial charge in [0, 0.05) is 45.8 Å². The van der Waals surface area contributed by atoms with Gasteiger partial charge in [-0.2, -0.15) is 0 Å². The van der Waals surface area contributed by atoms with Gasteiger partial charge in [0.15, 0.2) is 0 Å². The molecule has 1 fully saturated rings. The summed E-state index contributed by atoms with van der Waals surface area (Å²) in [6.07, 6.45) is 0. The standard InChI is InChI=1S/C14H17BrFN3O2/c1-17(2)14(21)19-7-5-18(6-8-19)13(20)10-3-4-11(15)12(16)9-10/h3-4,9H,5-8H2,1-2H3. The zero-order chi connectivity index (χ0) is 15.6. The van der Waals surface area contributed by atoms with Gasteiger partial charge in [-0.15, -0.1) is 0 Å². The van der Waals surface area contributed by atoms with Gasteiger partial charge in [-0.25, -0.2) is 9.18 Å². The highest BCUT2D eigenvalue weighted by atomic mass is 79.9. The van der Waals surface area contributed by atoms with Crippen molar-refractivity contribution in [1.82, 2.24) is 14.7 Å². The number of hydrogen-bond donors (Lipinski definition) is 0. The van der Waals surface area contributed by atoms with Gasteiger partial charge < -0.3 is 14.7 Å². The molecule has 1 aliphatic heterocycles. The van der Waals surface area contributed by atoms with Crippen LogP contribution in [0, 0.1) is 5.82 Å². The Balaban J connectivity index is 2.00. The summed E-state index contributed by atoms with van der Waals surface area (Å²) >= 11 is 3.06. The van der Waals surface area contributed by atoms with Gasteiger partial charge >= 0.3 is 6.03 Å². The number of nitrogens with zero attached hydrogens (tertiary/aromatic N) is 3. The molecule has 1 heterocycles. The quantitative estimate of drug-likeness (QED) is 0.771. The maximum Gasteiger partial charge on any atom is 0.319 e. The van der Waals surface area contributed by atoms with Gasteiger partial charge in [-0.05, 0) is 34.1 Å². The van der Waals surface area contributed by atoms with Crippen LogP contribution in [0.1, 0.15) is 10.4 Å². The van der Waals surface area contributed by atoms with Crippen LogP contribution in [0.15, 0.2) is 22.7 Å². The van der Waals surface area contributed by atoms with Crippen molar-refractivity contribution in [2.75, 3.05) is 40.3 Å². The molecule has 2 rings (SSSR count). The molecule has 1 aromatic carbocycles. The molecule has 0 saturated carbocycles. The second kappa shape index (κ2) is 6.43. The van der Waals surface area contributed by atoms with Crippen molar-refractivity contribution < 1.29 is 14.0 Å². The van der Waals surface area contributed by atoms with E-state index in [1.807, 2.05) is 0 Å². The highest BCUT2D eigenvalue weighted by Gasteiger charge is 2.25. The third-order valence-electron chi connectivity index (χ3n) is 3.39. The van der Waals surface area contributed by atoms with E-state index in [4.69, 9.17) is 0 Å². The summed E-state index contributed by atoms with van der Waals surface area (Å²) in [5.41, 5.74) is 0.322. The zero-order valence-electron chi connectivity index (χ0n) is 12.0. The Morgan fingerprint density at radius 1 is 1.14 bits per heavy atom. The van der Waals surface area contributed by atoms with E-state index in [9.17, 15) is 14.0 Å². The number of benzene rings is 1. The smallest absolute Gasteiger partial charge is 0.319 e. The lowest BCUT2D eigenvalue weighted by Crippen LogP contribution is -2.52. The second-order valence-corrected chi connectivity index (χ2v) is 5.94. The molecule has 1 saturated heterocycles. The summed E-state index contributed by atoms with van der Waals surface area (Å²) in [5.74, 6) is -0.666. The average Bonchev–Trinajstić information content (AvgIpc) is 2.48. The van der Waals surface area contributed by atoms with Crippen molar-refractivity contribution in [2.24, 2.45) is 0 Å². The molecule has 1 aliphatic rings. The molecule has 3 amide bonds. The Bertz CT molecular complexity index is 557. The molecule has 21 heavy (non-hydrogen) atoms. The first-order chi connectivity index (χ1) is 9.90. The van der Waals surface area contributed by atoms with E-state index in [0.29, 0.717) is 36.2 Å². The van der Waals surface area contributed by atoms with Crippen LogP contribution >= 0.6 is 15.9 Å². The minimum absolute atomic E-state index is 0.0585. The fraction of sp³-hybridized carbons (Fsp3) is 0.429. The lowest BCUT2D eigenvalue weighted by molar-refractivity contribution is 0.0650. The van der Waals surface area contributed by atoms with Crippen LogP contribution in [0.25, 0.3) is 0 Å². The van der Waals surface area contributed by atoms with Crippen molar-refractivity contribution in [1.29, 1.82) is 0 Å². The lowest BCUT2D eigenvalue weighted by Gasteiger charge is -2.36. The largest absolute Gasteiger partial charge is 0.335 e. The van der Waals surface area contributed by atoms with E-state index >= 15 is 0 Å². The summed E-state index contributed by atoms with van der Waals surface area (Å²) < 4.78 is 13.8. The van der Waals surface area contributed by atoms with Crippen molar-refractivity contribution in [3.63, 3.8) is 0 Å². The molecule has 0 unspecified atom stereocenters. The van der Waals surface area contributed by atoms with E-state index in [1.165, 1.54) is 17.0 Å². The van der Waals surface area contributed by atoms with E-state index < -0.39 is 5.82 Å².